The molecule has 1 aliphatic carbocycles. The summed E-state index contributed by atoms with van der Waals surface area (Å²) in [6.45, 7) is 2.82. The van der Waals surface area contributed by atoms with Crippen molar-refractivity contribution in [2.45, 2.75) is 43.8 Å². The van der Waals surface area contributed by atoms with Gasteiger partial charge in [-0.05, 0) is 25.3 Å². The van der Waals surface area contributed by atoms with E-state index < -0.39 is 11.2 Å². The fraction of sp³-hybridized carbons (Fsp3) is 0.600. The molecule has 0 saturated heterocycles. The molecule has 0 spiro atoms. The minimum atomic E-state index is -0.893. The molecule has 3 nitrogen and oxygen atoms in total. The molecule has 3 N–H and O–H groups in total. The maximum atomic E-state index is 10.4. The van der Waals surface area contributed by atoms with E-state index in [2.05, 4.69) is 5.32 Å². The van der Waals surface area contributed by atoms with Crippen molar-refractivity contribution >= 4 is 0 Å². The van der Waals surface area contributed by atoms with E-state index in [0.29, 0.717) is 13.1 Å². The molecule has 0 aliphatic heterocycles. The van der Waals surface area contributed by atoms with Gasteiger partial charge in [0.1, 0.15) is 0 Å². The highest BCUT2D eigenvalue weighted by Crippen LogP contribution is 2.29. The van der Waals surface area contributed by atoms with E-state index in [1.165, 1.54) is 0 Å². The van der Waals surface area contributed by atoms with Crippen molar-refractivity contribution in [2.24, 2.45) is 0 Å². The Balaban J connectivity index is 1.86. The molecule has 1 unspecified atom stereocenters. The summed E-state index contributed by atoms with van der Waals surface area (Å²) in [7, 11) is 0. The Bertz CT molecular complexity index is 369. The minimum absolute atomic E-state index is 0.458. The molecular formula is C15H23NO2. The highest BCUT2D eigenvalue weighted by atomic mass is 16.3. The molecule has 18 heavy (non-hydrogen) atoms. The van der Waals surface area contributed by atoms with Crippen LogP contribution in [-0.2, 0) is 5.60 Å². The number of aliphatic hydroxyl groups is 2. The zero-order chi connectivity index (χ0) is 13.1. The predicted molar refractivity (Wildman–Crippen MR) is 72.3 cm³/mol. The van der Waals surface area contributed by atoms with Crippen LogP contribution in [0.2, 0.25) is 0 Å². The van der Waals surface area contributed by atoms with Crippen LogP contribution in [0.3, 0.4) is 0 Å². The molecule has 1 fully saturated rings. The zero-order valence-electron chi connectivity index (χ0n) is 11.0. The summed E-state index contributed by atoms with van der Waals surface area (Å²) in [6, 6.07) is 9.63. The fourth-order valence-electron chi connectivity index (χ4n) is 2.65. The van der Waals surface area contributed by atoms with Gasteiger partial charge in [-0.1, -0.05) is 43.2 Å². The van der Waals surface area contributed by atoms with Gasteiger partial charge in [-0.15, -0.1) is 0 Å². The number of nitrogens with one attached hydrogen (secondary N) is 1. The smallest absolute Gasteiger partial charge is 0.0992 e. The summed E-state index contributed by atoms with van der Waals surface area (Å²) in [6.07, 6.45) is 3.95. The first-order valence-corrected chi connectivity index (χ1v) is 6.73. The molecule has 0 radical (unpaired) electrons. The third kappa shape index (κ3) is 3.31. The van der Waals surface area contributed by atoms with Gasteiger partial charge >= 0.3 is 0 Å². The Morgan fingerprint density at radius 1 is 1.22 bits per heavy atom. The molecular weight excluding hydrogens is 226 g/mol. The molecule has 0 bridgehead atoms. The molecule has 1 aromatic rings. The van der Waals surface area contributed by atoms with Crippen molar-refractivity contribution in [3.05, 3.63) is 35.9 Å². The Hall–Kier alpha value is -0.900. The van der Waals surface area contributed by atoms with Crippen molar-refractivity contribution < 1.29 is 10.2 Å². The Morgan fingerprint density at radius 2 is 1.83 bits per heavy atom. The summed E-state index contributed by atoms with van der Waals surface area (Å²) in [5, 5.41) is 23.8. The maximum Gasteiger partial charge on any atom is 0.0992 e. The van der Waals surface area contributed by atoms with Crippen LogP contribution < -0.4 is 5.32 Å². The Morgan fingerprint density at radius 3 is 2.44 bits per heavy atom. The van der Waals surface area contributed by atoms with Crippen LogP contribution in [0.25, 0.3) is 0 Å². The number of benzene rings is 1. The lowest BCUT2D eigenvalue weighted by molar-refractivity contribution is 0.0257. The summed E-state index contributed by atoms with van der Waals surface area (Å²) in [5.41, 5.74) is -0.556. The first kappa shape index (κ1) is 13.5. The Kier molecular flexibility index (Phi) is 4.05. The van der Waals surface area contributed by atoms with Crippen molar-refractivity contribution in [2.75, 3.05) is 13.1 Å². The van der Waals surface area contributed by atoms with Crippen LogP contribution in [0.1, 0.15) is 38.2 Å². The molecule has 1 atom stereocenters. The highest BCUT2D eigenvalue weighted by molar-refractivity contribution is 5.21. The van der Waals surface area contributed by atoms with E-state index in [1.54, 1.807) is 6.92 Å². The third-order valence-electron chi connectivity index (χ3n) is 3.85. The quantitative estimate of drug-likeness (QED) is 0.745. The molecule has 1 saturated carbocycles. The average molecular weight is 249 g/mol. The minimum Gasteiger partial charge on any atom is -0.389 e. The van der Waals surface area contributed by atoms with Gasteiger partial charge in [0.05, 0.1) is 11.2 Å². The van der Waals surface area contributed by atoms with Gasteiger partial charge in [0.25, 0.3) is 0 Å². The first-order chi connectivity index (χ1) is 8.52. The van der Waals surface area contributed by atoms with Gasteiger partial charge < -0.3 is 15.5 Å². The van der Waals surface area contributed by atoms with Gasteiger partial charge in [-0.2, -0.15) is 0 Å². The number of hydrogen-bond donors (Lipinski definition) is 3. The van der Waals surface area contributed by atoms with Crippen molar-refractivity contribution in [1.82, 2.24) is 5.32 Å². The second-order valence-corrected chi connectivity index (χ2v) is 5.67. The van der Waals surface area contributed by atoms with E-state index in [1.807, 2.05) is 30.3 Å². The van der Waals surface area contributed by atoms with Gasteiger partial charge in [0.2, 0.25) is 0 Å². The topological polar surface area (TPSA) is 52.5 Å². The molecule has 1 aliphatic rings. The van der Waals surface area contributed by atoms with Crippen LogP contribution in [-0.4, -0.2) is 28.9 Å². The zero-order valence-corrected chi connectivity index (χ0v) is 11.0. The maximum absolute atomic E-state index is 10.4. The molecule has 0 aromatic heterocycles. The largest absolute Gasteiger partial charge is 0.389 e. The SMILES string of the molecule is CC(O)(CNCC1(O)CCCC1)c1ccccc1. The summed E-state index contributed by atoms with van der Waals surface area (Å²) in [4.78, 5) is 0. The van der Waals surface area contributed by atoms with E-state index in [4.69, 9.17) is 0 Å². The van der Waals surface area contributed by atoms with Gasteiger partial charge in [-0.3, -0.25) is 0 Å². The lowest BCUT2D eigenvalue weighted by atomic mass is 9.95. The van der Waals surface area contributed by atoms with Crippen molar-refractivity contribution in [3.8, 4) is 0 Å². The second-order valence-electron chi connectivity index (χ2n) is 5.67. The van der Waals surface area contributed by atoms with Crippen molar-refractivity contribution in [1.29, 1.82) is 0 Å². The average Bonchev–Trinajstić information content (AvgIpc) is 2.77. The van der Waals surface area contributed by atoms with Crippen LogP contribution >= 0.6 is 0 Å². The molecule has 0 heterocycles. The van der Waals surface area contributed by atoms with E-state index in [9.17, 15) is 10.2 Å². The fourth-order valence-corrected chi connectivity index (χ4v) is 2.65. The first-order valence-electron chi connectivity index (χ1n) is 6.73. The summed E-state index contributed by atoms with van der Waals surface area (Å²) in [5.74, 6) is 0. The second kappa shape index (κ2) is 5.39. The molecule has 3 heteroatoms. The molecule has 0 amide bonds. The lowest BCUT2D eigenvalue weighted by Gasteiger charge is -2.28. The molecule has 2 rings (SSSR count). The monoisotopic (exact) mass is 249 g/mol. The van der Waals surface area contributed by atoms with Crippen LogP contribution in [0.15, 0.2) is 30.3 Å². The normalized spacial score (nSPS) is 21.7. The number of rotatable bonds is 5. The van der Waals surface area contributed by atoms with E-state index >= 15 is 0 Å². The molecule has 1 aromatic carbocycles. The summed E-state index contributed by atoms with van der Waals surface area (Å²) < 4.78 is 0. The Labute approximate surface area is 109 Å². The standard InChI is InChI=1S/C15H23NO2/c1-14(17,13-7-3-2-4-8-13)11-16-12-15(18)9-5-6-10-15/h2-4,7-8,16-18H,5-6,9-12H2,1H3. The van der Waals surface area contributed by atoms with Crippen LogP contribution in [0.5, 0.6) is 0 Å². The highest BCUT2D eigenvalue weighted by Gasteiger charge is 2.31. The number of hydrogen-bond acceptors (Lipinski definition) is 3. The van der Waals surface area contributed by atoms with E-state index in [-0.39, 0.29) is 0 Å². The van der Waals surface area contributed by atoms with Crippen LogP contribution in [0.4, 0.5) is 0 Å². The summed E-state index contributed by atoms with van der Waals surface area (Å²) >= 11 is 0. The lowest BCUT2D eigenvalue weighted by Crippen LogP contribution is -2.43. The third-order valence-corrected chi connectivity index (χ3v) is 3.85. The van der Waals surface area contributed by atoms with E-state index in [0.717, 1.165) is 31.2 Å². The van der Waals surface area contributed by atoms with Crippen molar-refractivity contribution in [3.63, 3.8) is 0 Å². The van der Waals surface area contributed by atoms with Gasteiger partial charge in [-0.25, -0.2) is 0 Å². The molecule has 100 valence electrons. The van der Waals surface area contributed by atoms with Gasteiger partial charge in [0, 0.05) is 13.1 Å². The predicted octanol–water partition coefficient (Wildman–Crippen LogP) is 1.79. The van der Waals surface area contributed by atoms with Gasteiger partial charge in [0.15, 0.2) is 0 Å². The van der Waals surface area contributed by atoms with Crippen LogP contribution in [0, 0.1) is 0 Å².